The molecule has 7 heteroatoms. The molecule has 1 N–H and O–H groups in total. The minimum absolute atomic E-state index is 0.0423. The van der Waals surface area contributed by atoms with Gasteiger partial charge in [-0.15, -0.1) is 6.58 Å². The summed E-state index contributed by atoms with van der Waals surface area (Å²) in [4.78, 5) is 0. The van der Waals surface area contributed by atoms with Crippen LogP contribution in [-0.2, 0) is 13.9 Å². The molecule has 0 spiro atoms. The van der Waals surface area contributed by atoms with Gasteiger partial charge in [-0.05, 0) is 35.8 Å². The van der Waals surface area contributed by atoms with Crippen molar-refractivity contribution in [1.29, 1.82) is 0 Å². The van der Waals surface area contributed by atoms with Gasteiger partial charge in [0.2, 0.25) is 0 Å². The molecule has 1 fully saturated rings. The van der Waals surface area contributed by atoms with Gasteiger partial charge in [-0.1, -0.05) is 79.4 Å². The van der Waals surface area contributed by atoms with Crippen LogP contribution in [0.25, 0.3) is 0 Å². The summed E-state index contributed by atoms with van der Waals surface area (Å²) in [6, 6.07) is 11.1. The first kappa shape index (κ1) is 32.2. The summed E-state index contributed by atoms with van der Waals surface area (Å²) in [5.74, 6) is 1.08. The summed E-state index contributed by atoms with van der Waals surface area (Å²) >= 11 is 0. The van der Waals surface area contributed by atoms with Gasteiger partial charge in [0.15, 0.2) is 14.6 Å². The molecule has 2 rings (SSSR count). The van der Waals surface area contributed by atoms with Gasteiger partial charge in [-0.2, -0.15) is 0 Å². The average Bonchev–Trinajstić information content (AvgIpc) is 2.89. The van der Waals surface area contributed by atoms with E-state index in [0.29, 0.717) is 6.61 Å². The number of hydrogen-bond donors (Lipinski definition) is 1. The van der Waals surface area contributed by atoms with Crippen LogP contribution >= 0.6 is 0 Å². The summed E-state index contributed by atoms with van der Waals surface area (Å²) in [7, 11) is -1.94. The zero-order valence-corrected chi connectivity index (χ0v) is 27.1. The van der Waals surface area contributed by atoms with Crippen molar-refractivity contribution in [1.82, 2.24) is 0 Å². The zero-order valence-electron chi connectivity index (χ0n) is 25.1. The average molecular weight is 551 g/mol. The van der Waals surface area contributed by atoms with Crippen LogP contribution in [0.2, 0.25) is 43.3 Å². The van der Waals surface area contributed by atoms with Crippen LogP contribution in [0.5, 0.6) is 5.75 Å². The molecule has 212 valence electrons. The Morgan fingerprint density at radius 1 is 1.08 bits per heavy atom. The van der Waals surface area contributed by atoms with Crippen molar-refractivity contribution in [2.24, 2.45) is 17.8 Å². The predicted molar refractivity (Wildman–Crippen MR) is 159 cm³/mol. The van der Waals surface area contributed by atoms with E-state index in [9.17, 15) is 5.11 Å². The van der Waals surface area contributed by atoms with Crippen LogP contribution < -0.4 is 4.74 Å². The lowest BCUT2D eigenvalue weighted by atomic mass is 9.81. The predicted octanol–water partition coefficient (Wildman–Crippen LogP) is 7.66. The maximum atomic E-state index is 11.7. The number of methoxy groups -OCH3 is 1. The molecule has 0 aromatic heterocycles. The number of benzene rings is 1. The third-order valence-corrected chi connectivity index (χ3v) is 16.0. The highest BCUT2D eigenvalue weighted by molar-refractivity contribution is 6.78. The number of aliphatic hydroxyl groups excluding tert-OH is 1. The Bertz CT molecular complexity index is 812. The fourth-order valence-corrected chi connectivity index (χ4v) is 11.0. The lowest BCUT2D eigenvalue weighted by Crippen LogP contribution is -2.53. The summed E-state index contributed by atoms with van der Waals surface area (Å²) in [6.45, 7) is 25.1. The summed E-state index contributed by atoms with van der Waals surface area (Å²) in [5, 5.41) is 11.7. The zero-order chi connectivity index (χ0) is 28.0. The van der Waals surface area contributed by atoms with E-state index in [2.05, 4.69) is 67.8 Å². The molecule has 0 saturated carbocycles. The second-order valence-corrected chi connectivity index (χ2v) is 22.3. The highest BCUT2D eigenvalue weighted by atomic mass is 28.4. The molecule has 0 radical (unpaired) electrons. The molecule has 1 aliphatic heterocycles. The molecule has 37 heavy (non-hydrogen) atoms. The van der Waals surface area contributed by atoms with E-state index in [1.54, 1.807) is 7.11 Å². The first-order chi connectivity index (χ1) is 17.4. The third-order valence-electron chi connectivity index (χ3n) is 8.77. The molecule has 0 amide bonds. The summed E-state index contributed by atoms with van der Waals surface area (Å²) in [6.07, 6.45) is 0.895. The van der Waals surface area contributed by atoms with E-state index < -0.39 is 28.8 Å². The third kappa shape index (κ3) is 7.79. The molecule has 5 nitrogen and oxygen atoms in total. The van der Waals surface area contributed by atoms with E-state index in [-0.39, 0.29) is 35.5 Å². The maximum absolute atomic E-state index is 11.7. The van der Waals surface area contributed by atoms with Crippen LogP contribution in [0.4, 0.5) is 0 Å². The van der Waals surface area contributed by atoms with Crippen molar-refractivity contribution in [2.45, 2.75) is 109 Å². The normalized spacial score (nSPS) is 25.1. The fraction of sp³-hybridized carbons (Fsp3) is 0.733. The molecule has 0 unspecified atom stereocenters. The Balaban J connectivity index is 2.40. The van der Waals surface area contributed by atoms with Gasteiger partial charge in [0.1, 0.15) is 5.75 Å². The quantitative estimate of drug-likeness (QED) is 0.190. The summed E-state index contributed by atoms with van der Waals surface area (Å²) < 4.78 is 25.4. The molecular formula is C30H54O5Si2. The Kier molecular flexibility index (Phi) is 12.1. The molecule has 0 bridgehead atoms. The van der Waals surface area contributed by atoms with E-state index in [1.165, 1.54) is 0 Å². The van der Waals surface area contributed by atoms with Crippen LogP contribution in [0.1, 0.15) is 53.4 Å². The number of ether oxygens (including phenoxy) is 3. The molecule has 1 aromatic carbocycles. The number of rotatable bonds is 14. The van der Waals surface area contributed by atoms with E-state index in [1.807, 2.05) is 30.3 Å². The number of hydrogen-bond acceptors (Lipinski definition) is 5. The minimum Gasteiger partial charge on any atom is -0.497 e. The van der Waals surface area contributed by atoms with Gasteiger partial charge >= 0.3 is 0 Å². The largest absolute Gasteiger partial charge is 0.497 e. The Morgan fingerprint density at radius 3 is 2.11 bits per heavy atom. The maximum Gasteiger partial charge on any atom is 0.192 e. The lowest BCUT2D eigenvalue weighted by molar-refractivity contribution is -0.257. The van der Waals surface area contributed by atoms with Crippen LogP contribution in [0, 0.1) is 17.8 Å². The molecule has 1 saturated heterocycles. The highest BCUT2D eigenvalue weighted by Crippen LogP contribution is 2.41. The molecular weight excluding hydrogens is 496 g/mol. The van der Waals surface area contributed by atoms with Crippen molar-refractivity contribution in [2.75, 3.05) is 13.7 Å². The molecule has 0 aliphatic carbocycles. The van der Waals surface area contributed by atoms with Crippen molar-refractivity contribution in [3.63, 3.8) is 0 Å². The Morgan fingerprint density at radius 2 is 1.65 bits per heavy atom. The van der Waals surface area contributed by atoms with E-state index in [4.69, 9.17) is 18.6 Å². The molecule has 8 atom stereocenters. The van der Waals surface area contributed by atoms with Gasteiger partial charge in [-0.3, -0.25) is 0 Å². The van der Waals surface area contributed by atoms with Crippen molar-refractivity contribution in [3.8, 4) is 5.75 Å². The first-order valence-corrected chi connectivity index (χ1v) is 20.4. The molecule has 1 heterocycles. The van der Waals surface area contributed by atoms with Crippen molar-refractivity contribution in [3.05, 3.63) is 42.5 Å². The summed E-state index contributed by atoms with van der Waals surface area (Å²) in [5.41, 5.74) is 1.09. The number of aliphatic hydroxyl groups is 1. The monoisotopic (exact) mass is 550 g/mol. The highest BCUT2D eigenvalue weighted by Gasteiger charge is 2.46. The van der Waals surface area contributed by atoms with E-state index >= 15 is 0 Å². The molecule has 1 aliphatic rings. The topological polar surface area (TPSA) is 57.2 Å². The Labute approximate surface area is 229 Å². The van der Waals surface area contributed by atoms with Gasteiger partial charge in [0.05, 0.1) is 40.1 Å². The van der Waals surface area contributed by atoms with Crippen molar-refractivity contribution < 1.29 is 23.7 Å². The van der Waals surface area contributed by atoms with Crippen LogP contribution in [-0.4, -0.2) is 53.5 Å². The minimum atomic E-state index is -1.95. The lowest BCUT2D eigenvalue weighted by Gasteiger charge is -2.47. The first-order valence-electron chi connectivity index (χ1n) is 14.3. The van der Waals surface area contributed by atoms with Crippen LogP contribution in [0.3, 0.4) is 0 Å². The molecule has 1 aromatic rings. The van der Waals surface area contributed by atoms with Gasteiger partial charge < -0.3 is 23.7 Å². The standard InChI is InChI=1S/C30H54O5Si2/c1-12-26(36(9,10)11)27(31)22(6)29(35-37(13-2,14-3)15-4)23(7)28-21(5)20-33-30(34-28)24-16-18-25(32-8)19-17-24/h12,16-19,21-23,26-31H,1,13-15,20H2,2-11H3/t21-,22-,23-,26+,27-,28+,29-,30+/m0/s1. The van der Waals surface area contributed by atoms with E-state index in [0.717, 1.165) is 29.4 Å². The second kappa shape index (κ2) is 13.9. The van der Waals surface area contributed by atoms with Crippen molar-refractivity contribution >= 4 is 16.4 Å². The van der Waals surface area contributed by atoms with Gasteiger partial charge in [0.25, 0.3) is 0 Å². The van der Waals surface area contributed by atoms with Crippen LogP contribution in [0.15, 0.2) is 36.9 Å². The smallest absolute Gasteiger partial charge is 0.192 e. The Hall–Kier alpha value is -0.966. The SMILES string of the molecule is C=C[C@H]([C@@H](O)[C@H](C)[C@H](O[Si](CC)(CC)CC)[C@@H](C)[C@@H]1O[C@H](c2ccc(OC)cc2)OC[C@@H]1C)[Si](C)(C)C. The van der Waals surface area contributed by atoms with Gasteiger partial charge in [-0.25, -0.2) is 0 Å². The second-order valence-electron chi connectivity index (χ2n) is 12.2. The van der Waals surface area contributed by atoms with Gasteiger partial charge in [0, 0.05) is 23.3 Å². The fourth-order valence-electron chi connectivity index (χ4n) is 5.92.